The fourth-order valence-electron chi connectivity index (χ4n) is 2.78. The SMILES string of the molecule is CCCc1noc(-c2cccc(CNC(=O)NC3(C)CCOC3)c2)n1. The summed E-state index contributed by atoms with van der Waals surface area (Å²) in [4.78, 5) is 16.5. The van der Waals surface area contributed by atoms with Crippen LogP contribution in [0.15, 0.2) is 28.8 Å². The fraction of sp³-hybridized carbons (Fsp3) is 0.500. The standard InChI is InChI=1S/C18H24N4O3/c1-3-5-15-20-16(25-22-15)14-7-4-6-13(10-14)11-19-17(23)21-18(2)8-9-24-12-18/h4,6-7,10H,3,5,8-9,11-12H2,1-2H3,(H2,19,21,23). The van der Waals surface area contributed by atoms with E-state index in [0.29, 0.717) is 31.5 Å². The van der Waals surface area contributed by atoms with Crippen molar-refractivity contribution < 1.29 is 14.1 Å². The Morgan fingerprint density at radius 2 is 2.28 bits per heavy atom. The van der Waals surface area contributed by atoms with Crippen LogP contribution in [0.5, 0.6) is 0 Å². The van der Waals surface area contributed by atoms with Crippen LogP contribution < -0.4 is 10.6 Å². The molecule has 1 aliphatic heterocycles. The topological polar surface area (TPSA) is 89.3 Å². The molecule has 2 aromatic rings. The molecule has 1 aliphatic rings. The average Bonchev–Trinajstić information content (AvgIpc) is 3.23. The van der Waals surface area contributed by atoms with Gasteiger partial charge in [-0.25, -0.2) is 4.79 Å². The highest BCUT2D eigenvalue weighted by molar-refractivity contribution is 5.74. The van der Waals surface area contributed by atoms with Crippen molar-refractivity contribution in [2.75, 3.05) is 13.2 Å². The Morgan fingerprint density at radius 3 is 3.04 bits per heavy atom. The molecule has 0 radical (unpaired) electrons. The molecular weight excluding hydrogens is 320 g/mol. The third-order valence-corrected chi connectivity index (χ3v) is 4.20. The van der Waals surface area contributed by atoms with E-state index in [2.05, 4.69) is 27.7 Å². The highest BCUT2D eigenvalue weighted by Gasteiger charge is 2.31. The summed E-state index contributed by atoms with van der Waals surface area (Å²) < 4.78 is 10.7. The van der Waals surface area contributed by atoms with Crippen LogP contribution in [-0.4, -0.2) is 34.9 Å². The highest BCUT2D eigenvalue weighted by atomic mass is 16.5. The molecule has 0 spiro atoms. The third-order valence-electron chi connectivity index (χ3n) is 4.20. The van der Waals surface area contributed by atoms with E-state index in [1.54, 1.807) is 0 Å². The van der Waals surface area contributed by atoms with Gasteiger partial charge in [0.05, 0.1) is 12.1 Å². The fourth-order valence-corrected chi connectivity index (χ4v) is 2.78. The van der Waals surface area contributed by atoms with Gasteiger partial charge >= 0.3 is 6.03 Å². The van der Waals surface area contributed by atoms with Crippen molar-refractivity contribution in [3.8, 4) is 11.5 Å². The van der Waals surface area contributed by atoms with Crippen molar-refractivity contribution >= 4 is 6.03 Å². The van der Waals surface area contributed by atoms with Gasteiger partial charge in [0.15, 0.2) is 5.82 Å². The molecule has 1 atom stereocenters. The number of aromatic nitrogens is 2. The molecule has 2 heterocycles. The highest BCUT2D eigenvalue weighted by Crippen LogP contribution is 2.19. The Morgan fingerprint density at radius 1 is 1.40 bits per heavy atom. The van der Waals surface area contributed by atoms with Gasteiger partial charge in [0.1, 0.15) is 0 Å². The van der Waals surface area contributed by atoms with Crippen molar-refractivity contribution in [1.82, 2.24) is 20.8 Å². The maximum absolute atomic E-state index is 12.1. The molecule has 3 rings (SSSR count). The number of urea groups is 1. The monoisotopic (exact) mass is 344 g/mol. The number of rotatable bonds is 6. The number of amides is 2. The summed E-state index contributed by atoms with van der Waals surface area (Å²) in [5.74, 6) is 1.22. The number of hydrogen-bond acceptors (Lipinski definition) is 5. The summed E-state index contributed by atoms with van der Waals surface area (Å²) in [5.41, 5.74) is 1.53. The minimum absolute atomic E-state index is 0.193. The molecule has 1 saturated heterocycles. The Bertz CT molecular complexity index is 723. The summed E-state index contributed by atoms with van der Waals surface area (Å²) >= 11 is 0. The Hall–Kier alpha value is -2.41. The van der Waals surface area contributed by atoms with Crippen molar-refractivity contribution in [3.63, 3.8) is 0 Å². The van der Waals surface area contributed by atoms with Crippen LogP contribution in [0.4, 0.5) is 4.79 Å². The summed E-state index contributed by atoms with van der Waals surface area (Å²) in [7, 11) is 0. The minimum Gasteiger partial charge on any atom is -0.379 e. The van der Waals surface area contributed by atoms with E-state index in [0.717, 1.165) is 30.4 Å². The molecule has 1 fully saturated rings. The van der Waals surface area contributed by atoms with Crippen LogP contribution in [0.2, 0.25) is 0 Å². The third kappa shape index (κ3) is 4.57. The van der Waals surface area contributed by atoms with Gasteiger partial charge < -0.3 is 19.9 Å². The van der Waals surface area contributed by atoms with E-state index in [1.165, 1.54) is 0 Å². The second-order valence-corrected chi connectivity index (χ2v) is 6.64. The van der Waals surface area contributed by atoms with E-state index < -0.39 is 0 Å². The molecule has 1 aromatic heterocycles. The van der Waals surface area contributed by atoms with Crippen molar-refractivity contribution in [2.24, 2.45) is 0 Å². The van der Waals surface area contributed by atoms with Crippen LogP contribution >= 0.6 is 0 Å². The molecular formula is C18H24N4O3. The smallest absolute Gasteiger partial charge is 0.315 e. The number of nitrogens with one attached hydrogen (secondary N) is 2. The van der Waals surface area contributed by atoms with Crippen LogP contribution in [0.1, 0.15) is 38.1 Å². The zero-order chi connectivity index (χ0) is 17.7. The molecule has 25 heavy (non-hydrogen) atoms. The lowest BCUT2D eigenvalue weighted by atomic mass is 10.0. The first kappa shape index (κ1) is 17.4. The van der Waals surface area contributed by atoms with E-state index in [1.807, 2.05) is 31.2 Å². The lowest BCUT2D eigenvalue weighted by Crippen LogP contribution is -2.50. The summed E-state index contributed by atoms with van der Waals surface area (Å²) in [6, 6.07) is 7.54. The predicted molar refractivity (Wildman–Crippen MR) is 92.9 cm³/mol. The molecule has 7 nitrogen and oxygen atoms in total. The number of ether oxygens (including phenoxy) is 1. The van der Waals surface area contributed by atoms with Gasteiger partial charge in [-0.2, -0.15) is 4.98 Å². The number of carbonyl (C=O) groups is 1. The van der Waals surface area contributed by atoms with Gasteiger partial charge in [-0.1, -0.05) is 24.2 Å². The molecule has 1 unspecified atom stereocenters. The number of carbonyl (C=O) groups excluding carboxylic acids is 1. The molecule has 1 aromatic carbocycles. The molecule has 134 valence electrons. The first-order valence-electron chi connectivity index (χ1n) is 8.64. The summed E-state index contributed by atoms with van der Waals surface area (Å²) in [6.07, 6.45) is 2.60. The number of hydrogen-bond donors (Lipinski definition) is 2. The lowest BCUT2D eigenvalue weighted by Gasteiger charge is -2.23. The molecule has 7 heteroatoms. The second-order valence-electron chi connectivity index (χ2n) is 6.64. The molecule has 2 amide bonds. The summed E-state index contributed by atoms with van der Waals surface area (Å²) in [5, 5.41) is 9.83. The number of aryl methyl sites for hydroxylation is 1. The quantitative estimate of drug-likeness (QED) is 0.841. The first-order valence-corrected chi connectivity index (χ1v) is 8.64. The lowest BCUT2D eigenvalue weighted by molar-refractivity contribution is 0.170. The van der Waals surface area contributed by atoms with Crippen molar-refractivity contribution in [1.29, 1.82) is 0 Å². The van der Waals surface area contributed by atoms with E-state index in [-0.39, 0.29) is 11.6 Å². The molecule has 0 bridgehead atoms. The first-order chi connectivity index (χ1) is 12.1. The maximum atomic E-state index is 12.1. The number of nitrogens with zero attached hydrogens (tertiary/aromatic N) is 2. The van der Waals surface area contributed by atoms with Crippen LogP contribution in [-0.2, 0) is 17.7 Å². The average molecular weight is 344 g/mol. The van der Waals surface area contributed by atoms with Gasteiger partial charge in [0, 0.05) is 25.1 Å². The van der Waals surface area contributed by atoms with Crippen molar-refractivity contribution in [2.45, 2.75) is 45.2 Å². The van der Waals surface area contributed by atoms with Crippen LogP contribution in [0.3, 0.4) is 0 Å². The zero-order valence-corrected chi connectivity index (χ0v) is 14.7. The maximum Gasteiger partial charge on any atom is 0.315 e. The second kappa shape index (κ2) is 7.65. The van der Waals surface area contributed by atoms with Gasteiger partial charge in [-0.15, -0.1) is 0 Å². The summed E-state index contributed by atoms with van der Waals surface area (Å²) in [6.45, 7) is 5.72. The largest absolute Gasteiger partial charge is 0.379 e. The van der Waals surface area contributed by atoms with Crippen LogP contribution in [0, 0.1) is 0 Å². The molecule has 2 N–H and O–H groups in total. The van der Waals surface area contributed by atoms with E-state index in [4.69, 9.17) is 9.26 Å². The van der Waals surface area contributed by atoms with E-state index in [9.17, 15) is 4.79 Å². The van der Waals surface area contributed by atoms with Crippen molar-refractivity contribution in [3.05, 3.63) is 35.7 Å². The van der Waals surface area contributed by atoms with Gasteiger partial charge in [-0.05, 0) is 37.5 Å². The Balaban J connectivity index is 1.58. The van der Waals surface area contributed by atoms with E-state index >= 15 is 0 Å². The van der Waals surface area contributed by atoms with Crippen LogP contribution in [0.25, 0.3) is 11.5 Å². The Kier molecular flexibility index (Phi) is 5.33. The number of benzene rings is 1. The predicted octanol–water partition coefficient (Wildman–Crippen LogP) is 2.67. The molecule has 0 aliphatic carbocycles. The Labute approximate surface area is 147 Å². The molecule has 0 saturated carbocycles. The van der Waals surface area contributed by atoms with Gasteiger partial charge in [-0.3, -0.25) is 0 Å². The zero-order valence-electron chi connectivity index (χ0n) is 14.7. The minimum atomic E-state index is -0.286. The normalized spacial score (nSPS) is 19.8. The van der Waals surface area contributed by atoms with Gasteiger partial charge in [0.25, 0.3) is 5.89 Å². The van der Waals surface area contributed by atoms with Gasteiger partial charge in [0.2, 0.25) is 0 Å².